The van der Waals surface area contributed by atoms with Gasteiger partial charge in [0.25, 0.3) is 0 Å². The first kappa shape index (κ1) is 17.8. The zero-order valence-corrected chi connectivity index (χ0v) is 10.9. The smallest absolute Gasteiger partial charge is 0.336 e. The number of carboxylic acid groups (broad SMARTS) is 3. The van der Waals surface area contributed by atoms with E-state index < -0.39 is 29.0 Å². The molecule has 0 radical (unpaired) electrons. The van der Waals surface area contributed by atoms with Gasteiger partial charge in [0.15, 0.2) is 0 Å². The van der Waals surface area contributed by atoms with E-state index in [4.69, 9.17) is 15.3 Å². The van der Waals surface area contributed by atoms with E-state index in [9.17, 15) is 19.2 Å². The summed E-state index contributed by atoms with van der Waals surface area (Å²) in [5.74, 6) is -4.53. The van der Waals surface area contributed by atoms with Crippen molar-refractivity contribution in [2.75, 3.05) is 0 Å². The number of carboxylic acids is 3. The maximum Gasteiger partial charge on any atom is 0.336 e. The third kappa shape index (κ3) is 6.01. The summed E-state index contributed by atoms with van der Waals surface area (Å²) in [6, 6.07) is 2.81. The summed E-state index contributed by atoms with van der Waals surface area (Å²) in [7, 11) is 0. The minimum atomic E-state index is -1.48. The fourth-order valence-electron chi connectivity index (χ4n) is 1.16. The summed E-state index contributed by atoms with van der Waals surface area (Å²) < 4.78 is 4.17. The van der Waals surface area contributed by atoms with Gasteiger partial charge in [-0.05, 0) is 18.2 Å². The van der Waals surface area contributed by atoms with Gasteiger partial charge in [-0.15, -0.1) is 0 Å². The molecule has 1 rings (SSSR count). The molecule has 1 aromatic carbocycles. The Morgan fingerprint density at radius 3 is 1.81 bits per heavy atom. The van der Waals surface area contributed by atoms with Crippen LogP contribution in [0.15, 0.2) is 31.0 Å². The predicted molar refractivity (Wildman–Crippen MR) is 69.3 cm³/mol. The molecule has 0 aliphatic carbocycles. The summed E-state index contributed by atoms with van der Waals surface area (Å²) in [4.78, 5) is 41.5. The third-order valence-electron chi connectivity index (χ3n) is 1.98. The Hall–Kier alpha value is -3.16. The van der Waals surface area contributed by atoms with Crippen LogP contribution in [0, 0.1) is 0 Å². The van der Waals surface area contributed by atoms with Gasteiger partial charge in [-0.25, -0.2) is 14.4 Å². The van der Waals surface area contributed by atoms with E-state index >= 15 is 0 Å². The first-order valence-corrected chi connectivity index (χ1v) is 5.32. The highest BCUT2D eigenvalue weighted by molar-refractivity contribution is 6.03. The number of esters is 1. The van der Waals surface area contributed by atoms with Crippen molar-refractivity contribution >= 4 is 23.9 Å². The second kappa shape index (κ2) is 8.10. The normalized spacial score (nSPS) is 8.81. The second-order valence-electron chi connectivity index (χ2n) is 3.45. The minimum absolute atomic E-state index is 0.266. The van der Waals surface area contributed by atoms with Gasteiger partial charge in [-0.2, -0.15) is 0 Å². The van der Waals surface area contributed by atoms with Crippen LogP contribution in [0.25, 0.3) is 0 Å². The standard InChI is InChI=1S/C9H6O6.C4H6O2/c10-7(11)4-1-2-5(8(12)13)6(3-4)9(14)15;1-3-6-4(2)5/h1-3H,(H,10,11)(H,12,13)(H,14,15);3H,1H2,2H3. The third-order valence-corrected chi connectivity index (χ3v) is 1.98. The van der Waals surface area contributed by atoms with Crippen molar-refractivity contribution in [2.24, 2.45) is 0 Å². The van der Waals surface area contributed by atoms with Crippen LogP contribution in [0.3, 0.4) is 0 Å². The number of benzene rings is 1. The van der Waals surface area contributed by atoms with Crippen LogP contribution in [-0.4, -0.2) is 39.2 Å². The highest BCUT2D eigenvalue weighted by Crippen LogP contribution is 2.12. The number of hydrogen-bond acceptors (Lipinski definition) is 5. The quantitative estimate of drug-likeness (QED) is 0.560. The molecule has 0 unspecified atom stereocenters. The predicted octanol–water partition coefficient (Wildman–Crippen LogP) is 1.47. The molecule has 112 valence electrons. The summed E-state index contributed by atoms with van der Waals surface area (Å²) in [6.45, 7) is 4.48. The van der Waals surface area contributed by atoms with Crippen LogP contribution in [0.5, 0.6) is 0 Å². The molecule has 0 heterocycles. The maximum atomic E-state index is 10.6. The molecular weight excluding hydrogens is 284 g/mol. The van der Waals surface area contributed by atoms with E-state index in [0.29, 0.717) is 0 Å². The van der Waals surface area contributed by atoms with Gasteiger partial charge < -0.3 is 20.1 Å². The van der Waals surface area contributed by atoms with E-state index in [2.05, 4.69) is 11.3 Å². The van der Waals surface area contributed by atoms with Crippen LogP contribution in [0.1, 0.15) is 38.0 Å². The molecule has 0 aliphatic rings. The van der Waals surface area contributed by atoms with Crippen molar-refractivity contribution in [3.8, 4) is 0 Å². The Morgan fingerprint density at radius 2 is 1.52 bits per heavy atom. The fraction of sp³-hybridized carbons (Fsp3) is 0.0769. The maximum absolute atomic E-state index is 10.6. The lowest BCUT2D eigenvalue weighted by atomic mass is 10.0. The summed E-state index contributed by atoms with van der Waals surface area (Å²) >= 11 is 0. The number of ether oxygens (including phenoxy) is 1. The van der Waals surface area contributed by atoms with Crippen LogP contribution < -0.4 is 0 Å². The molecule has 0 bridgehead atoms. The van der Waals surface area contributed by atoms with Crippen molar-refractivity contribution in [1.29, 1.82) is 0 Å². The van der Waals surface area contributed by atoms with Crippen molar-refractivity contribution in [3.05, 3.63) is 47.7 Å². The average molecular weight is 296 g/mol. The Kier molecular flexibility index (Phi) is 6.88. The van der Waals surface area contributed by atoms with Crippen LogP contribution in [-0.2, 0) is 9.53 Å². The van der Waals surface area contributed by atoms with Crippen molar-refractivity contribution < 1.29 is 39.2 Å². The van der Waals surface area contributed by atoms with Crippen LogP contribution >= 0.6 is 0 Å². The Morgan fingerprint density at radius 1 is 1.00 bits per heavy atom. The molecule has 8 heteroatoms. The van der Waals surface area contributed by atoms with Gasteiger partial charge in [0.1, 0.15) is 0 Å². The molecule has 0 fully saturated rings. The van der Waals surface area contributed by atoms with Crippen molar-refractivity contribution in [1.82, 2.24) is 0 Å². The number of hydrogen-bond donors (Lipinski definition) is 3. The van der Waals surface area contributed by atoms with Crippen LogP contribution in [0.4, 0.5) is 0 Å². The summed E-state index contributed by atoms with van der Waals surface area (Å²) in [5, 5.41) is 25.9. The van der Waals surface area contributed by atoms with Gasteiger partial charge in [-0.3, -0.25) is 4.79 Å². The number of aromatic carboxylic acids is 3. The van der Waals surface area contributed by atoms with Crippen molar-refractivity contribution in [3.63, 3.8) is 0 Å². The topological polar surface area (TPSA) is 138 Å². The van der Waals surface area contributed by atoms with E-state index in [1.165, 1.54) is 6.92 Å². The number of carbonyl (C=O) groups excluding carboxylic acids is 1. The van der Waals surface area contributed by atoms with Gasteiger partial charge in [0.2, 0.25) is 0 Å². The molecule has 8 nitrogen and oxygen atoms in total. The summed E-state index contributed by atoms with van der Waals surface area (Å²) in [5.41, 5.74) is -1.24. The van der Waals surface area contributed by atoms with Crippen molar-refractivity contribution in [2.45, 2.75) is 6.92 Å². The van der Waals surface area contributed by atoms with Gasteiger partial charge in [0, 0.05) is 6.92 Å². The summed E-state index contributed by atoms with van der Waals surface area (Å²) in [6.07, 6.45) is 1.10. The Balaban J connectivity index is 0.000000567. The second-order valence-corrected chi connectivity index (χ2v) is 3.45. The van der Waals surface area contributed by atoms with E-state index in [0.717, 1.165) is 24.5 Å². The minimum Gasteiger partial charge on any atom is -0.478 e. The van der Waals surface area contributed by atoms with E-state index in [1.807, 2.05) is 0 Å². The molecule has 21 heavy (non-hydrogen) atoms. The lowest BCUT2D eigenvalue weighted by Gasteiger charge is -2.02. The number of rotatable bonds is 4. The highest BCUT2D eigenvalue weighted by Gasteiger charge is 2.17. The molecule has 0 aliphatic heterocycles. The first-order chi connectivity index (χ1) is 9.70. The number of carbonyl (C=O) groups is 4. The van der Waals surface area contributed by atoms with E-state index in [-0.39, 0.29) is 11.5 Å². The fourth-order valence-corrected chi connectivity index (χ4v) is 1.16. The molecule has 0 atom stereocenters. The van der Waals surface area contributed by atoms with Gasteiger partial charge in [-0.1, -0.05) is 6.58 Å². The van der Waals surface area contributed by atoms with Gasteiger partial charge in [0.05, 0.1) is 23.0 Å². The van der Waals surface area contributed by atoms with E-state index in [1.54, 1.807) is 0 Å². The molecular formula is C13H12O8. The molecule has 0 spiro atoms. The first-order valence-electron chi connectivity index (χ1n) is 5.32. The molecule has 0 aromatic heterocycles. The Bertz CT molecular complexity index is 588. The van der Waals surface area contributed by atoms with Gasteiger partial charge >= 0.3 is 23.9 Å². The highest BCUT2D eigenvalue weighted by atomic mass is 16.5. The monoisotopic (exact) mass is 296 g/mol. The molecule has 3 N–H and O–H groups in total. The zero-order chi connectivity index (χ0) is 16.6. The van der Waals surface area contributed by atoms with Crippen LogP contribution in [0.2, 0.25) is 0 Å². The lowest BCUT2D eigenvalue weighted by molar-refractivity contribution is -0.135. The average Bonchev–Trinajstić information content (AvgIpc) is 2.38. The molecule has 0 amide bonds. The SMILES string of the molecule is C=COC(C)=O.O=C(O)c1ccc(C(=O)O)c(C(=O)O)c1. The zero-order valence-electron chi connectivity index (χ0n) is 10.9. The lowest BCUT2D eigenvalue weighted by Crippen LogP contribution is -2.10. The molecule has 0 saturated heterocycles. The molecule has 0 saturated carbocycles. The molecule has 1 aromatic rings. The Labute approximate surface area is 118 Å². The largest absolute Gasteiger partial charge is 0.478 e.